The molecule has 10 heteroatoms. The van der Waals surface area contributed by atoms with Crippen LogP contribution in [0.3, 0.4) is 0 Å². The van der Waals surface area contributed by atoms with Gasteiger partial charge >= 0.3 is 5.97 Å². The number of nitro benzene ring substituents is 1. The third-order valence-electron chi connectivity index (χ3n) is 4.01. The summed E-state index contributed by atoms with van der Waals surface area (Å²) >= 11 is 0. The number of sulfone groups is 1. The van der Waals surface area contributed by atoms with E-state index in [2.05, 4.69) is 5.32 Å². The highest BCUT2D eigenvalue weighted by Gasteiger charge is 2.32. The van der Waals surface area contributed by atoms with Gasteiger partial charge in [0.05, 0.1) is 21.8 Å². The fourth-order valence-electron chi connectivity index (χ4n) is 2.36. The standard InChI is InChI=1S/C15H20N2O7S/c1-4-15(5-2,9-13(18)19)16-14(20)10-6-11(17(21)22)8-12(7-10)25(3,23)24/h6-8H,4-5,9H2,1-3H3,(H,16,20)(H,18,19). The maximum atomic E-state index is 12.5. The average molecular weight is 372 g/mol. The number of hydrogen-bond acceptors (Lipinski definition) is 6. The Hall–Kier alpha value is -2.49. The van der Waals surface area contributed by atoms with E-state index in [-0.39, 0.29) is 16.9 Å². The van der Waals surface area contributed by atoms with Crippen LogP contribution in [-0.4, -0.2) is 42.1 Å². The van der Waals surface area contributed by atoms with Crippen molar-refractivity contribution in [3.63, 3.8) is 0 Å². The van der Waals surface area contributed by atoms with E-state index in [1.165, 1.54) is 0 Å². The number of aliphatic carboxylic acids is 1. The van der Waals surface area contributed by atoms with Crippen LogP contribution in [0.25, 0.3) is 0 Å². The number of carboxylic acid groups (broad SMARTS) is 1. The summed E-state index contributed by atoms with van der Waals surface area (Å²) in [6, 6.07) is 2.87. The van der Waals surface area contributed by atoms with Crippen LogP contribution in [0, 0.1) is 10.1 Å². The summed E-state index contributed by atoms with van der Waals surface area (Å²) in [6.45, 7) is 3.42. The Morgan fingerprint density at radius 2 is 1.80 bits per heavy atom. The molecule has 0 aliphatic rings. The topological polar surface area (TPSA) is 144 Å². The SMILES string of the molecule is CCC(CC)(CC(=O)O)NC(=O)c1cc([N+](=O)[O-])cc(S(C)(=O)=O)c1. The van der Waals surface area contributed by atoms with Crippen LogP contribution >= 0.6 is 0 Å². The summed E-state index contributed by atoms with van der Waals surface area (Å²) in [7, 11) is -3.77. The van der Waals surface area contributed by atoms with Crippen LogP contribution in [0.15, 0.2) is 23.1 Å². The minimum atomic E-state index is -3.77. The molecule has 1 aromatic carbocycles. The number of amides is 1. The first-order chi connectivity index (χ1) is 11.4. The van der Waals surface area contributed by atoms with E-state index in [0.29, 0.717) is 12.8 Å². The summed E-state index contributed by atoms with van der Waals surface area (Å²) in [5.41, 5.74) is -1.78. The summed E-state index contributed by atoms with van der Waals surface area (Å²) < 4.78 is 23.4. The fourth-order valence-corrected chi connectivity index (χ4v) is 3.03. The number of nitro groups is 1. The number of carbonyl (C=O) groups is 2. The predicted octanol–water partition coefficient (Wildman–Crippen LogP) is 1.76. The molecule has 1 rings (SSSR count). The maximum Gasteiger partial charge on any atom is 0.305 e. The van der Waals surface area contributed by atoms with Crippen molar-refractivity contribution in [2.45, 2.75) is 43.5 Å². The molecule has 9 nitrogen and oxygen atoms in total. The summed E-state index contributed by atoms with van der Waals surface area (Å²) in [4.78, 5) is 33.4. The van der Waals surface area contributed by atoms with Gasteiger partial charge in [-0.1, -0.05) is 13.8 Å². The number of nitrogens with one attached hydrogen (secondary N) is 1. The van der Waals surface area contributed by atoms with Gasteiger partial charge in [0.15, 0.2) is 9.84 Å². The zero-order chi connectivity index (χ0) is 19.4. The van der Waals surface area contributed by atoms with E-state index in [1.54, 1.807) is 13.8 Å². The third kappa shape index (κ3) is 5.24. The molecule has 0 spiro atoms. The van der Waals surface area contributed by atoms with Crippen LogP contribution in [0.1, 0.15) is 43.5 Å². The van der Waals surface area contributed by atoms with E-state index in [4.69, 9.17) is 5.11 Å². The lowest BCUT2D eigenvalue weighted by Gasteiger charge is -2.31. The lowest BCUT2D eigenvalue weighted by Crippen LogP contribution is -2.49. The van der Waals surface area contributed by atoms with E-state index in [9.17, 15) is 28.1 Å². The monoisotopic (exact) mass is 372 g/mol. The second kappa shape index (κ2) is 7.60. The molecule has 0 aromatic heterocycles. The molecule has 0 aliphatic carbocycles. The van der Waals surface area contributed by atoms with E-state index in [1.807, 2.05) is 0 Å². The Bertz CT molecular complexity index is 798. The summed E-state index contributed by atoms with van der Waals surface area (Å²) in [5, 5.41) is 22.6. The molecule has 25 heavy (non-hydrogen) atoms. The number of hydrogen-bond donors (Lipinski definition) is 2. The van der Waals surface area contributed by atoms with E-state index >= 15 is 0 Å². The van der Waals surface area contributed by atoms with E-state index < -0.39 is 37.9 Å². The molecule has 0 radical (unpaired) electrons. The Balaban J connectivity index is 3.34. The van der Waals surface area contributed by atoms with Gasteiger partial charge in [-0.3, -0.25) is 19.7 Å². The zero-order valence-electron chi connectivity index (χ0n) is 14.1. The molecule has 138 valence electrons. The number of carbonyl (C=O) groups excluding carboxylic acids is 1. The van der Waals surface area contributed by atoms with Crippen LogP contribution in [-0.2, 0) is 14.6 Å². The van der Waals surface area contributed by atoms with Crippen molar-refractivity contribution in [2.24, 2.45) is 0 Å². The van der Waals surface area contributed by atoms with Crippen molar-refractivity contribution < 1.29 is 28.0 Å². The van der Waals surface area contributed by atoms with Gasteiger partial charge in [0.25, 0.3) is 11.6 Å². The van der Waals surface area contributed by atoms with Gasteiger partial charge in [-0.25, -0.2) is 8.42 Å². The maximum absolute atomic E-state index is 12.5. The molecule has 1 aromatic rings. The quantitative estimate of drug-likeness (QED) is 0.522. The van der Waals surface area contributed by atoms with Crippen LogP contribution in [0.4, 0.5) is 5.69 Å². The smallest absolute Gasteiger partial charge is 0.305 e. The third-order valence-corrected chi connectivity index (χ3v) is 5.11. The van der Waals surface area contributed by atoms with Crippen molar-refractivity contribution in [3.8, 4) is 0 Å². The molecule has 0 heterocycles. The highest BCUT2D eigenvalue weighted by molar-refractivity contribution is 7.90. The van der Waals surface area contributed by atoms with Gasteiger partial charge in [-0.05, 0) is 18.9 Å². The van der Waals surface area contributed by atoms with Crippen molar-refractivity contribution >= 4 is 27.4 Å². The Labute approximate surface area is 145 Å². The number of benzene rings is 1. The van der Waals surface area contributed by atoms with Crippen molar-refractivity contribution in [3.05, 3.63) is 33.9 Å². The van der Waals surface area contributed by atoms with Gasteiger partial charge in [0.1, 0.15) is 0 Å². The minimum Gasteiger partial charge on any atom is -0.481 e. The van der Waals surface area contributed by atoms with Crippen molar-refractivity contribution in [1.29, 1.82) is 0 Å². The van der Waals surface area contributed by atoms with Gasteiger partial charge in [0.2, 0.25) is 0 Å². The molecule has 1 amide bonds. The predicted molar refractivity (Wildman–Crippen MR) is 89.2 cm³/mol. The number of rotatable bonds is 8. The van der Waals surface area contributed by atoms with Gasteiger partial charge in [-0.2, -0.15) is 0 Å². The lowest BCUT2D eigenvalue weighted by molar-refractivity contribution is -0.385. The second-order valence-electron chi connectivity index (χ2n) is 5.76. The molecule has 0 aliphatic heterocycles. The first kappa shape index (κ1) is 20.6. The summed E-state index contributed by atoms with van der Waals surface area (Å²) in [5.74, 6) is -1.86. The highest BCUT2D eigenvalue weighted by atomic mass is 32.2. The fraction of sp³-hybridized carbons (Fsp3) is 0.467. The largest absolute Gasteiger partial charge is 0.481 e. The molecule has 0 saturated carbocycles. The van der Waals surface area contributed by atoms with Crippen LogP contribution < -0.4 is 5.32 Å². The van der Waals surface area contributed by atoms with Crippen LogP contribution in [0.2, 0.25) is 0 Å². The highest BCUT2D eigenvalue weighted by Crippen LogP contribution is 2.24. The molecule has 0 saturated heterocycles. The number of carboxylic acids is 1. The van der Waals surface area contributed by atoms with Gasteiger partial charge in [-0.15, -0.1) is 0 Å². The molecule has 0 atom stereocenters. The zero-order valence-corrected chi connectivity index (χ0v) is 14.9. The molecular weight excluding hydrogens is 352 g/mol. The summed E-state index contributed by atoms with van der Waals surface area (Å²) in [6.07, 6.45) is 1.21. The first-order valence-corrected chi connectivity index (χ1v) is 9.37. The number of nitrogens with zero attached hydrogens (tertiary/aromatic N) is 1. The molecule has 0 unspecified atom stereocenters. The Kier molecular flexibility index (Phi) is 6.25. The normalized spacial score (nSPS) is 11.8. The van der Waals surface area contributed by atoms with Crippen LogP contribution in [0.5, 0.6) is 0 Å². The van der Waals surface area contributed by atoms with Crippen molar-refractivity contribution in [1.82, 2.24) is 5.32 Å². The lowest BCUT2D eigenvalue weighted by atomic mass is 9.88. The second-order valence-corrected chi connectivity index (χ2v) is 7.77. The Morgan fingerprint density at radius 3 is 2.20 bits per heavy atom. The van der Waals surface area contributed by atoms with Gasteiger partial charge in [0, 0.05) is 24.0 Å². The average Bonchev–Trinajstić information content (AvgIpc) is 2.52. The van der Waals surface area contributed by atoms with Gasteiger partial charge < -0.3 is 10.4 Å². The molecule has 0 fully saturated rings. The number of non-ortho nitro benzene ring substituents is 1. The molecular formula is C15H20N2O7S. The van der Waals surface area contributed by atoms with Crippen molar-refractivity contribution in [2.75, 3.05) is 6.26 Å². The minimum absolute atomic E-state index is 0.216. The first-order valence-electron chi connectivity index (χ1n) is 7.48. The molecule has 2 N–H and O–H groups in total. The molecule has 0 bridgehead atoms. The van der Waals surface area contributed by atoms with E-state index in [0.717, 1.165) is 24.5 Å². The Morgan fingerprint density at radius 1 is 1.24 bits per heavy atom.